The van der Waals surface area contributed by atoms with Crippen molar-refractivity contribution in [2.75, 3.05) is 11.9 Å². The van der Waals surface area contributed by atoms with Crippen molar-refractivity contribution in [3.05, 3.63) is 172 Å². The number of aliphatic carboxylic acids is 1. The highest BCUT2D eigenvalue weighted by atomic mass is 31.2. The summed E-state index contributed by atoms with van der Waals surface area (Å²) < 4.78 is 20.6. The van der Waals surface area contributed by atoms with Gasteiger partial charge in [0.1, 0.15) is 29.9 Å². The van der Waals surface area contributed by atoms with E-state index in [0.29, 0.717) is 23.2 Å². The van der Waals surface area contributed by atoms with E-state index >= 15 is 0 Å². The Morgan fingerprint density at radius 2 is 1.15 bits per heavy atom. The summed E-state index contributed by atoms with van der Waals surface area (Å²) in [5, 5.41) is 45.2. The minimum atomic E-state index is -4.87. The number of non-ortho nitro benzene ring substituents is 1. The summed E-state index contributed by atoms with van der Waals surface area (Å²) in [5.41, 5.74) is 2.64. The number of rotatable bonds is 25. The highest BCUT2D eigenvalue weighted by molar-refractivity contribution is 7.46. The maximum atomic E-state index is 14.6. The zero-order valence-electron chi connectivity index (χ0n) is 39.0. The highest BCUT2D eigenvalue weighted by Crippen LogP contribution is 2.37. The lowest BCUT2D eigenvalue weighted by Gasteiger charge is -2.26. The van der Waals surface area contributed by atoms with Gasteiger partial charge in [0.15, 0.2) is 5.52 Å². The third-order valence-electron chi connectivity index (χ3n) is 11.7. The van der Waals surface area contributed by atoms with Crippen LogP contribution in [-0.4, -0.2) is 90.4 Å². The second-order valence-electron chi connectivity index (χ2n) is 17.1. The molecule has 0 unspecified atom stereocenters. The van der Waals surface area contributed by atoms with Crippen molar-refractivity contribution < 1.29 is 57.5 Å². The van der Waals surface area contributed by atoms with Gasteiger partial charge in [0.05, 0.1) is 17.0 Å². The number of hydrogen-bond donors (Lipinski definition) is 8. The van der Waals surface area contributed by atoms with Crippen molar-refractivity contribution in [3.63, 3.8) is 0 Å². The van der Waals surface area contributed by atoms with Crippen molar-refractivity contribution >= 4 is 70.6 Å². The maximum absolute atomic E-state index is 14.6. The number of amides is 4. The second kappa shape index (κ2) is 24.5. The Morgan fingerprint density at radius 3 is 1.78 bits per heavy atom. The van der Waals surface area contributed by atoms with Gasteiger partial charge in [0.2, 0.25) is 29.1 Å². The summed E-state index contributed by atoms with van der Waals surface area (Å²) in [6.07, 6.45) is 0.309. The molecule has 0 bridgehead atoms. The average molecular weight is 1010 g/mol. The molecule has 6 aromatic carbocycles. The van der Waals surface area contributed by atoms with Gasteiger partial charge in [-0.1, -0.05) is 115 Å². The number of hydrogen-bond acceptors (Lipinski definition) is 13. The van der Waals surface area contributed by atoms with Crippen LogP contribution < -0.4 is 31.1 Å². The van der Waals surface area contributed by atoms with Gasteiger partial charge in [0.25, 0.3) is 0 Å². The van der Waals surface area contributed by atoms with E-state index in [9.17, 15) is 43.8 Å². The lowest BCUT2D eigenvalue weighted by atomic mass is 10.0. The molecule has 8 N–H and O–H groups in total. The molecule has 378 valence electrons. The van der Waals surface area contributed by atoms with E-state index in [1.165, 1.54) is 36.4 Å². The predicted molar refractivity (Wildman–Crippen MR) is 267 cm³/mol. The Balaban J connectivity index is 1.10. The van der Waals surface area contributed by atoms with E-state index in [2.05, 4.69) is 41.4 Å². The molecule has 0 radical (unpaired) electrons. The number of phosphoric ester groups is 1. The first-order chi connectivity index (χ1) is 35.1. The van der Waals surface area contributed by atoms with Gasteiger partial charge in [-0.2, -0.15) is 0 Å². The van der Waals surface area contributed by atoms with Crippen LogP contribution in [0.15, 0.2) is 144 Å². The van der Waals surface area contributed by atoms with Crippen LogP contribution in [0.2, 0.25) is 0 Å². The molecule has 4 atom stereocenters. The minimum Gasteiger partial charge on any atom is -0.480 e. The summed E-state index contributed by atoms with van der Waals surface area (Å²) in [5.74, 6) is -4.35. The monoisotopic (exact) mass is 1010 g/mol. The number of aromatic nitrogens is 2. The van der Waals surface area contributed by atoms with Crippen LogP contribution >= 0.6 is 7.82 Å². The molecule has 21 nitrogen and oxygen atoms in total. The normalized spacial score (nSPS) is 13.0. The molecule has 73 heavy (non-hydrogen) atoms. The van der Waals surface area contributed by atoms with E-state index < -0.39 is 66.5 Å². The molecule has 4 amide bonds. The first-order valence-corrected chi connectivity index (χ1v) is 24.6. The van der Waals surface area contributed by atoms with Gasteiger partial charge in [-0.25, -0.2) is 14.0 Å². The molecule has 0 aliphatic heterocycles. The number of anilines is 1. The van der Waals surface area contributed by atoms with Crippen LogP contribution in [0.5, 0.6) is 5.75 Å². The summed E-state index contributed by atoms with van der Waals surface area (Å²) in [6, 6.07) is 33.8. The molecule has 0 saturated carbocycles. The van der Waals surface area contributed by atoms with Crippen LogP contribution in [0.3, 0.4) is 0 Å². The number of nitro groups is 1. The van der Waals surface area contributed by atoms with Crippen molar-refractivity contribution in [1.82, 2.24) is 31.6 Å². The Labute approximate surface area is 417 Å². The molecule has 0 aliphatic carbocycles. The number of benzene rings is 6. The number of carboxylic acids is 1. The van der Waals surface area contributed by atoms with Crippen LogP contribution in [-0.2, 0) is 54.2 Å². The Hall–Kier alpha value is -8.52. The topological polar surface area (TPSA) is 315 Å². The van der Waals surface area contributed by atoms with Gasteiger partial charge in [-0.15, -0.1) is 0 Å². The number of carboxylic acid groups (broad SMARTS) is 1. The second-order valence-corrected chi connectivity index (χ2v) is 18.2. The Kier molecular flexibility index (Phi) is 17.6. The van der Waals surface area contributed by atoms with Gasteiger partial charge in [-0.05, 0) is 80.8 Å². The molecule has 0 aliphatic rings. The molecular weight excluding hydrogens is 964 g/mol. The third-order valence-corrected chi connectivity index (χ3v) is 12.1. The van der Waals surface area contributed by atoms with Crippen molar-refractivity contribution in [2.24, 2.45) is 0 Å². The summed E-state index contributed by atoms with van der Waals surface area (Å²) in [7, 11) is -4.87. The number of phosphoric acid groups is 1. The molecular formula is C51H51N8O13P. The van der Waals surface area contributed by atoms with E-state index in [1.54, 1.807) is 54.6 Å². The van der Waals surface area contributed by atoms with Gasteiger partial charge >= 0.3 is 19.5 Å². The smallest absolute Gasteiger partial charge is 0.480 e. The van der Waals surface area contributed by atoms with Crippen LogP contribution in [0.1, 0.15) is 41.5 Å². The maximum Gasteiger partial charge on any atom is 0.524 e. The molecule has 1 heterocycles. The molecule has 1 aromatic heterocycles. The highest BCUT2D eigenvalue weighted by Gasteiger charge is 2.32. The number of nitrogens with zero attached hydrogens (tertiary/aromatic N) is 3. The quantitative estimate of drug-likeness (QED) is 0.0155. The molecule has 0 fully saturated rings. The molecule has 7 aromatic rings. The van der Waals surface area contributed by atoms with E-state index in [-0.39, 0.29) is 67.5 Å². The fraction of sp³-hybridized carbons (Fsp3) is 0.235. The lowest BCUT2D eigenvalue weighted by molar-refractivity contribution is -0.383. The third kappa shape index (κ3) is 15.2. The number of carbonyl (C=O) groups excluding carboxylic acids is 4. The van der Waals surface area contributed by atoms with E-state index in [1.807, 2.05) is 48.5 Å². The molecule has 0 spiro atoms. The zero-order valence-corrected chi connectivity index (χ0v) is 39.9. The molecule has 0 saturated heterocycles. The van der Waals surface area contributed by atoms with E-state index in [4.69, 9.17) is 14.4 Å². The number of nitrogens with one attached hydrogen (secondary N) is 5. The first kappa shape index (κ1) is 52.3. The van der Waals surface area contributed by atoms with Gasteiger partial charge in [0, 0.05) is 31.9 Å². The van der Waals surface area contributed by atoms with Crippen LogP contribution in [0.4, 0.5) is 11.4 Å². The SMILES string of the molecule is O=C(Cc1ccc2ccccc2c1)N[C@@H](Cc1ccccc1)C(=O)N[C@@H](Cc1ccccc1)C(=O)N[C@@H](CCCCNc1ccc([N+](=O)[O-])c2nonc12)C(=O)N[C@@H](Cc1ccc(OP(=O)(O)O)cc1)C(=O)O. The predicted octanol–water partition coefficient (Wildman–Crippen LogP) is 5.33. The Bertz CT molecular complexity index is 3120. The standard InChI is InChI=1S/C51H51N8O13P/c60-45(31-35-18-21-36-15-7-8-16-37(36)27-35)53-41(28-32-11-3-1-4-12-32)49(62)55-42(29-33-13-5-2-6-14-33)50(63)54-40(17-9-10-26-52-39-24-25-44(59(66)67)47-46(39)57-72-58-47)48(61)56-43(51(64)65)30-34-19-22-38(23-20-34)71-73(68,69)70/h1-8,11-16,18-25,27,40-43,52H,9-10,17,26,28-31H2,(H,53,60)(H,54,63)(H,55,62)(H,56,61)(H,64,65)(H2,68,69,70)/t40-,41-,42-,43-/m0/s1. The van der Waals surface area contributed by atoms with Gasteiger partial charge in [-0.3, -0.25) is 39.1 Å². The number of unbranched alkanes of at least 4 members (excludes halogenated alkanes) is 1. The van der Waals surface area contributed by atoms with Crippen LogP contribution in [0, 0.1) is 10.1 Å². The molecule has 7 rings (SSSR count). The van der Waals surface area contributed by atoms with Crippen molar-refractivity contribution in [2.45, 2.75) is 69.1 Å². The summed E-state index contributed by atoms with van der Waals surface area (Å²) >= 11 is 0. The molecule has 22 heteroatoms. The zero-order chi connectivity index (χ0) is 51.9. The Morgan fingerprint density at radius 1 is 0.616 bits per heavy atom. The summed E-state index contributed by atoms with van der Waals surface area (Å²) in [6.45, 7) is 0.254. The summed E-state index contributed by atoms with van der Waals surface area (Å²) in [4.78, 5) is 98.7. The number of carbonyl (C=O) groups is 5. The number of fused-ring (bicyclic) bond motifs is 2. The fourth-order valence-electron chi connectivity index (χ4n) is 8.08. The average Bonchev–Trinajstić information content (AvgIpc) is 3.86. The van der Waals surface area contributed by atoms with Crippen molar-refractivity contribution in [1.29, 1.82) is 0 Å². The van der Waals surface area contributed by atoms with E-state index in [0.717, 1.165) is 21.9 Å². The lowest BCUT2D eigenvalue weighted by Crippen LogP contribution is -2.58. The number of nitro benzene ring substituents is 1. The largest absolute Gasteiger partial charge is 0.524 e. The van der Waals surface area contributed by atoms with Crippen LogP contribution in [0.25, 0.3) is 21.8 Å². The first-order valence-electron chi connectivity index (χ1n) is 23.0. The minimum absolute atomic E-state index is 0.0331. The van der Waals surface area contributed by atoms with Crippen molar-refractivity contribution in [3.8, 4) is 5.75 Å². The van der Waals surface area contributed by atoms with Gasteiger partial charge < -0.3 is 36.2 Å². The fourth-order valence-corrected chi connectivity index (χ4v) is 8.48.